The Bertz CT molecular complexity index is 848. The smallest absolute Gasteiger partial charge is 0.172 e. The van der Waals surface area contributed by atoms with Gasteiger partial charge in [0.2, 0.25) is 0 Å². The summed E-state index contributed by atoms with van der Waals surface area (Å²) < 4.78 is 12.4. The molecule has 21 heavy (non-hydrogen) atoms. The molecule has 6 nitrogen and oxygen atoms in total. The van der Waals surface area contributed by atoms with E-state index in [4.69, 9.17) is 14.7 Å². The Morgan fingerprint density at radius 1 is 1.10 bits per heavy atom. The van der Waals surface area contributed by atoms with E-state index in [9.17, 15) is 0 Å². The van der Waals surface area contributed by atoms with Crippen LogP contribution in [0.3, 0.4) is 0 Å². The van der Waals surface area contributed by atoms with Gasteiger partial charge in [-0.1, -0.05) is 0 Å². The first kappa shape index (κ1) is 12.9. The first-order valence-corrected chi connectivity index (χ1v) is 6.24. The van der Waals surface area contributed by atoms with E-state index in [2.05, 4.69) is 16.3 Å². The summed E-state index contributed by atoms with van der Waals surface area (Å²) in [7, 11) is 3.20. The zero-order valence-corrected chi connectivity index (χ0v) is 11.6. The molecule has 0 amide bonds. The Morgan fingerprint density at radius 2 is 1.95 bits per heavy atom. The van der Waals surface area contributed by atoms with Crippen LogP contribution >= 0.6 is 0 Å². The van der Waals surface area contributed by atoms with Crippen molar-refractivity contribution in [2.75, 3.05) is 14.2 Å². The van der Waals surface area contributed by atoms with Crippen LogP contribution in [0.5, 0.6) is 11.5 Å². The van der Waals surface area contributed by atoms with Crippen LogP contribution in [0, 0.1) is 11.3 Å². The van der Waals surface area contributed by atoms with Gasteiger partial charge >= 0.3 is 0 Å². The average molecular weight is 280 g/mol. The maximum absolute atomic E-state index is 8.93. The van der Waals surface area contributed by atoms with Gasteiger partial charge in [-0.15, -0.1) is 10.2 Å². The molecule has 0 spiro atoms. The summed E-state index contributed by atoms with van der Waals surface area (Å²) in [6.45, 7) is 0. The molecule has 0 radical (unpaired) electrons. The zero-order chi connectivity index (χ0) is 14.8. The number of rotatable bonds is 3. The van der Waals surface area contributed by atoms with E-state index in [0.29, 0.717) is 28.5 Å². The number of hydrogen-bond acceptors (Lipinski definition) is 5. The topological polar surface area (TPSA) is 72.4 Å². The zero-order valence-electron chi connectivity index (χ0n) is 11.6. The van der Waals surface area contributed by atoms with Crippen LogP contribution in [0.25, 0.3) is 17.0 Å². The molecular formula is C15H12N4O2. The minimum Gasteiger partial charge on any atom is -0.497 e. The molecule has 6 heteroatoms. The average Bonchev–Trinajstić information content (AvgIpc) is 2.96. The van der Waals surface area contributed by atoms with Gasteiger partial charge < -0.3 is 9.47 Å². The number of methoxy groups -OCH3 is 2. The molecule has 0 bridgehead atoms. The predicted molar refractivity (Wildman–Crippen MR) is 76.2 cm³/mol. The number of hydrogen-bond donors (Lipinski definition) is 0. The molecule has 0 aliphatic carbocycles. The third-order valence-electron chi connectivity index (χ3n) is 3.19. The summed E-state index contributed by atoms with van der Waals surface area (Å²) in [5.41, 5.74) is 1.92. The second kappa shape index (κ2) is 5.13. The van der Waals surface area contributed by atoms with Crippen LogP contribution in [-0.4, -0.2) is 28.8 Å². The Morgan fingerprint density at radius 3 is 2.67 bits per heavy atom. The molecule has 1 aromatic carbocycles. The minimum atomic E-state index is 0.541. The van der Waals surface area contributed by atoms with Crippen LogP contribution in [-0.2, 0) is 0 Å². The number of nitriles is 1. The van der Waals surface area contributed by atoms with Crippen molar-refractivity contribution in [3.05, 3.63) is 42.1 Å². The van der Waals surface area contributed by atoms with Crippen molar-refractivity contribution in [1.82, 2.24) is 14.6 Å². The van der Waals surface area contributed by atoms with Crippen molar-refractivity contribution in [3.63, 3.8) is 0 Å². The molecule has 2 aromatic heterocycles. The van der Waals surface area contributed by atoms with Gasteiger partial charge in [0.25, 0.3) is 0 Å². The summed E-state index contributed by atoms with van der Waals surface area (Å²) >= 11 is 0. The Hall–Kier alpha value is -3.07. The molecule has 0 atom stereocenters. The van der Waals surface area contributed by atoms with Crippen molar-refractivity contribution in [2.24, 2.45) is 0 Å². The summed E-state index contributed by atoms with van der Waals surface area (Å²) in [4.78, 5) is 0. The van der Waals surface area contributed by atoms with E-state index < -0.39 is 0 Å². The fourth-order valence-electron chi connectivity index (χ4n) is 2.13. The normalized spacial score (nSPS) is 10.3. The highest BCUT2D eigenvalue weighted by Crippen LogP contribution is 2.32. The lowest BCUT2D eigenvalue weighted by atomic mass is 10.1. The standard InChI is InChI=1S/C15H12N4O2/c1-20-11-3-4-13(21-2)12(8-11)15-18-17-14-7-10(9-16)5-6-19(14)15/h3-8H,1-2H3. The quantitative estimate of drug-likeness (QED) is 0.736. The van der Waals surface area contributed by atoms with Gasteiger partial charge in [0.15, 0.2) is 11.5 Å². The molecule has 0 saturated heterocycles. The molecule has 0 saturated carbocycles. The minimum absolute atomic E-state index is 0.541. The van der Waals surface area contributed by atoms with E-state index in [0.717, 1.165) is 5.56 Å². The van der Waals surface area contributed by atoms with E-state index in [1.165, 1.54) is 0 Å². The molecule has 3 aromatic rings. The molecule has 0 N–H and O–H groups in total. The predicted octanol–water partition coefficient (Wildman–Crippen LogP) is 2.29. The van der Waals surface area contributed by atoms with Crippen molar-refractivity contribution in [1.29, 1.82) is 5.26 Å². The molecule has 104 valence electrons. The number of aromatic nitrogens is 3. The van der Waals surface area contributed by atoms with Crippen molar-refractivity contribution in [2.45, 2.75) is 0 Å². The van der Waals surface area contributed by atoms with Crippen LogP contribution in [0.4, 0.5) is 0 Å². The molecule has 3 rings (SSSR count). The molecule has 0 unspecified atom stereocenters. The first-order chi connectivity index (χ1) is 10.3. The largest absolute Gasteiger partial charge is 0.497 e. The van der Waals surface area contributed by atoms with Crippen molar-refractivity contribution < 1.29 is 9.47 Å². The van der Waals surface area contributed by atoms with Crippen LogP contribution in [0.1, 0.15) is 5.56 Å². The van der Waals surface area contributed by atoms with Gasteiger partial charge in [0.05, 0.1) is 31.4 Å². The highest BCUT2D eigenvalue weighted by Gasteiger charge is 2.14. The Labute approximate surface area is 121 Å². The van der Waals surface area contributed by atoms with Crippen molar-refractivity contribution >= 4 is 5.65 Å². The fourth-order valence-corrected chi connectivity index (χ4v) is 2.13. The Kier molecular flexibility index (Phi) is 3.16. The van der Waals surface area contributed by atoms with E-state index >= 15 is 0 Å². The number of nitrogens with zero attached hydrogens (tertiary/aromatic N) is 4. The molecular weight excluding hydrogens is 268 g/mol. The summed E-state index contributed by atoms with van der Waals surface area (Å²) in [5, 5.41) is 17.2. The lowest BCUT2D eigenvalue weighted by Gasteiger charge is -2.09. The lowest BCUT2D eigenvalue weighted by molar-refractivity contribution is 0.404. The van der Waals surface area contributed by atoms with Crippen molar-refractivity contribution in [3.8, 4) is 29.0 Å². The third-order valence-corrected chi connectivity index (χ3v) is 3.19. The van der Waals surface area contributed by atoms with Crippen LogP contribution < -0.4 is 9.47 Å². The highest BCUT2D eigenvalue weighted by atomic mass is 16.5. The SMILES string of the molecule is COc1ccc(OC)c(-c2nnc3cc(C#N)ccn23)c1. The summed E-state index contributed by atoms with van der Waals surface area (Å²) in [5.74, 6) is 2.01. The second-order valence-electron chi connectivity index (χ2n) is 4.35. The third kappa shape index (κ3) is 2.15. The van der Waals surface area contributed by atoms with Crippen LogP contribution in [0.15, 0.2) is 36.5 Å². The molecule has 0 fully saturated rings. The number of benzene rings is 1. The number of ether oxygens (including phenoxy) is 2. The monoisotopic (exact) mass is 280 g/mol. The molecule has 2 heterocycles. The fraction of sp³-hybridized carbons (Fsp3) is 0.133. The maximum atomic E-state index is 8.93. The van der Waals surface area contributed by atoms with E-state index in [-0.39, 0.29) is 0 Å². The van der Waals surface area contributed by atoms with Crippen LogP contribution in [0.2, 0.25) is 0 Å². The lowest BCUT2D eigenvalue weighted by Crippen LogP contribution is -1.94. The first-order valence-electron chi connectivity index (χ1n) is 6.24. The van der Waals surface area contributed by atoms with Gasteiger partial charge in [-0.25, -0.2) is 0 Å². The van der Waals surface area contributed by atoms with Gasteiger partial charge in [-0.05, 0) is 24.3 Å². The Balaban J connectivity index is 2.23. The maximum Gasteiger partial charge on any atom is 0.172 e. The summed E-state index contributed by atoms with van der Waals surface area (Å²) in [6.07, 6.45) is 1.77. The van der Waals surface area contributed by atoms with E-state index in [1.807, 2.05) is 18.2 Å². The van der Waals surface area contributed by atoms with Gasteiger partial charge in [-0.3, -0.25) is 4.40 Å². The number of fused-ring (bicyclic) bond motifs is 1. The molecule has 0 aliphatic heterocycles. The number of pyridine rings is 1. The second-order valence-corrected chi connectivity index (χ2v) is 4.35. The van der Waals surface area contributed by atoms with Gasteiger partial charge in [-0.2, -0.15) is 5.26 Å². The van der Waals surface area contributed by atoms with E-state index in [1.54, 1.807) is 36.9 Å². The van der Waals surface area contributed by atoms with Gasteiger partial charge in [0, 0.05) is 12.3 Å². The molecule has 0 aliphatic rings. The summed E-state index contributed by atoms with van der Waals surface area (Å²) in [6, 6.07) is 11.0. The highest BCUT2D eigenvalue weighted by molar-refractivity contribution is 5.69. The van der Waals surface area contributed by atoms with Gasteiger partial charge in [0.1, 0.15) is 11.5 Å².